The lowest BCUT2D eigenvalue weighted by atomic mass is 9.78. The standard InChI is InChI=1S/C19H28N2O6S/c1-18(23)14-27-19(12-16(18)20-28(2,24)25)8-10-21(11-9-19)17(22)13-26-15-6-4-3-5-7-15/h3-7,16,20,23H,8-14H2,1-2H3/t16-,18-/m0/s1. The molecule has 3 rings (SSSR count). The largest absolute Gasteiger partial charge is 0.484 e. The number of aliphatic hydroxyl groups is 1. The van der Waals surface area contributed by atoms with Crippen LogP contribution in [0.5, 0.6) is 5.75 Å². The monoisotopic (exact) mass is 412 g/mol. The van der Waals surface area contributed by atoms with Gasteiger partial charge >= 0.3 is 0 Å². The molecule has 1 amide bonds. The van der Waals surface area contributed by atoms with Crippen LogP contribution in [0.2, 0.25) is 0 Å². The number of rotatable bonds is 5. The third kappa shape index (κ3) is 5.22. The molecule has 1 aromatic rings. The van der Waals surface area contributed by atoms with E-state index in [-0.39, 0.29) is 19.1 Å². The summed E-state index contributed by atoms with van der Waals surface area (Å²) in [6.07, 6.45) is 2.62. The van der Waals surface area contributed by atoms with E-state index in [9.17, 15) is 18.3 Å². The average Bonchev–Trinajstić information content (AvgIpc) is 2.64. The van der Waals surface area contributed by atoms with Gasteiger partial charge in [0.15, 0.2) is 6.61 Å². The lowest BCUT2D eigenvalue weighted by molar-refractivity contribution is -0.191. The van der Waals surface area contributed by atoms with Gasteiger partial charge in [-0.05, 0) is 38.3 Å². The summed E-state index contributed by atoms with van der Waals surface area (Å²) in [5.41, 5.74) is -1.81. The third-order valence-electron chi connectivity index (χ3n) is 5.49. The molecule has 8 nitrogen and oxygen atoms in total. The van der Waals surface area contributed by atoms with E-state index in [4.69, 9.17) is 9.47 Å². The average molecular weight is 413 g/mol. The van der Waals surface area contributed by atoms with Crippen molar-refractivity contribution in [3.8, 4) is 5.75 Å². The predicted molar refractivity (Wildman–Crippen MR) is 103 cm³/mol. The summed E-state index contributed by atoms with van der Waals surface area (Å²) in [6, 6.07) is 8.55. The van der Waals surface area contributed by atoms with E-state index in [1.54, 1.807) is 24.0 Å². The normalized spacial score (nSPS) is 27.5. The van der Waals surface area contributed by atoms with E-state index in [0.717, 1.165) is 6.26 Å². The fourth-order valence-corrected chi connectivity index (χ4v) is 4.60. The number of nitrogens with zero attached hydrogens (tertiary/aromatic N) is 1. The highest BCUT2D eigenvalue weighted by atomic mass is 32.2. The van der Waals surface area contributed by atoms with Gasteiger partial charge in [0.25, 0.3) is 5.91 Å². The van der Waals surface area contributed by atoms with Crippen LogP contribution in [-0.4, -0.2) is 74.1 Å². The Morgan fingerprint density at radius 2 is 1.96 bits per heavy atom. The summed E-state index contributed by atoms with van der Waals surface area (Å²) < 4.78 is 37.3. The minimum Gasteiger partial charge on any atom is -0.484 e. The van der Waals surface area contributed by atoms with Crippen LogP contribution in [-0.2, 0) is 19.6 Å². The first kappa shape index (κ1) is 21.0. The second kappa shape index (κ2) is 7.98. The number of carbonyl (C=O) groups is 1. The van der Waals surface area contributed by atoms with E-state index in [2.05, 4.69) is 4.72 Å². The quantitative estimate of drug-likeness (QED) is 0.730. The second-order valence-electron chi connectivity index (χ2n) is 7.96. The molecule has 0 bridgehead atoms. The van der Waals surface area contributed by atoms with Crippen molar-refractivity contribution in [1.29, 1.82) is 0 Å². The SMILES string of the molecule is C[C@]1(O)COC2(CCN(C(=O)COc3ccccc3)CC2)C[C@@H]1NS(C)(=O)=O. The van der Waals surface area contributed by atoms with Crippen LogP contribution < -0.4 is 9.46 Å². The first-order valence-electron chi connectivity index (χ1n) is 9.38. The second-order valence-corrected chi connectivity index (χ2v) is 9.74. The van der Waals surface area contributed by atoms with Gasteiger partial charge in [0.05, 0.1) is 24.5 Å². The molecular weight excluding hydrogens is 384 g/mol. The number of nitrogens with one attached hydrogen (secondary N) is 1. The highest BCUT2D eigenvalue weighted by Gasteiger charge is 2.49. The zero-order valence-electron chi connectivity index (χ0n) is 16.3. The van der Waals surface area contributed by atoms with Crippen LogP contribution in [0.3, 0.4) is 0 Å². The van der Waals surface area contributed by atoms with Crippen molar-refractivity contribution in [2.45, 2.75) is 43.4 Å². The Morgan fingerprint density at radius 3 is 2.57 bits per heavy atom. The summed E-state index contributed by atoms with van der Waals surface area (Å²) in [6.45, 7) is 2.60. The summed E-state index contributed by atoms with van der Waals surface area (Å²) >= 11 is 0. The first-order valence-corrected chi connectivity index (χ1v) is 11.3. The fraction of sp³-hybridized carbons (Fsp3) is 0.632. The van der Waals surface area contributed by atoms with Crippen molar-refractivity contribution in [3.63, 3.8) is 0 Å². The molecule has 28 heavy (non-hydrogen) atoms. The molecule has 1 aromatic carbocycles. The molecule has 2 saturated heterocycles. The van der Waals surface area contributed by atoms with Gasteiger partial charge < -0.3 is 19.5 Å². The predicted octanol–water partition coefficient (Wildman–Crippen LogP) is 0.516. The Labute approximate surface area is 165 Å². The molecule has 2 atom stereocenters. The van der Waals surface area contributed by atoms with Gasteiger partial charge in [0.2, 0.25) is 10.0 Å². The van der Waals surface area contributed by atoms with Crippen molar-refractivity contribution >= 4 is 15.9 Å². The smallest absolute Gasteiger partial charge is 0.260 e. The number of hydrogen-bond acceptors (Lipinski definition) is 6. The molecule has 2 heterocycles. The van der Waals surface area contributed by atoms with Gasteiger partial charge in [0, 0.05) is 13.1 Å². The van der Waals surface area contributed by atoms with Gasteiger partial charge in [-0.1, -0.05) is 18.2 Å². The number of sulfonamides is 1. The highest BCUT2D eigenvalue weighted by molar-refractivity contribution is 7.88. The van der Waals surface area contributed by atoms with Crippen molar-refractivity contribution in [3.05, 3.63) is 30.3 Å². The maximum Gasteiger partial charge on any atom is 0.260 e. The summed E-state index contributed by atoms with van der Waals surface area (Å²) in [5, 5.41) is 10.5. The Kier molecular flexibility index (Phi) is 6.00. The Balaban J connectivity index is 1.55. The van der Waals surface area contributed by atoms with Gasteiger partial charge in [-0.2, -0.15) is 0 Å². The molecule has 9 heteroatoms. The van der Waals surface area contributed by atoms with Gasteiger partial charge in [-0.3, -0.25) is 4.79 Å². The lowest BCUT2D eigenvalue weighted by Crippen LogP contribution is -2.64. The number of benzene rings is 1. The molecule has 1 spiro atoms. The topological polar surface area (TPSA) is 105 Å². The van der Waals surface area contributed by atoms with Crippen LogP contribution in [0.25, 0.3) is 0 Å². The number of likely N-dealkylation sites (tertiary alicyclic amines) is 1. The van der Waals surface area contributed by atoms with Crippen LogP contribution in [0, 0.1) is 0 Å². The molecule has 0 aliphatic carbocycles. The Morgan fingerprint density at radius 1 is 1.32 bits per heavy atom. The third-order valence-corrected chi connectivity index (χ3v) is 6.20. The van der Waals surface area contributed by atoms with E-state index >= 15 is 0 Å². The Hall–Kier alpha value is -1.68. The van der Waals surface area contributed by atoms with E-state index in [1.807, 2.05) is 18.2 Å². The molecule has 2 aliphatic rings. The van der Waals surface area contributed by atoms with Crippen molar-refractivity contribution in [2.75, 3.05) is 32.6 Å². The Bertz CT molecular complexity index is 788. The van der Waals surface area contributed by atoms with Crippen LogP contribution in [0.1, 0.15) is 26.2 Å². The minimum absolute atomic E-state index is 0.0230. The van der Waals surface area contributed by atoms with Gasteiger partial charge in [0.1, 0.15) is 11.4 Å². The van der Waals surface area contributed by atoms with Crippen molar-refractivity contribution < 1.29 is 27.8 Å². The maximum atomic E-state index is 12.4. The number of piperidine rings is 1. The molecule has 0 aromatic heterocycles. The fourth-order valence-electron chi connectivity index (χ4n) is 3.74. The first-order chi connectivity index (χ1) is 13.1. The zero-order valence-corrected chi connectivity index (χ0v) is 17.1. The number of carbonyl (C=O) groups excluding carboxylic acids is 1. The van der Waals surface area contributed by atoms with Crippen LogP contribution in [0.4, 0.5) is 0 Å². The van der Waals surface area contributed by atoms with E-state index < -0.39 is 27.3 Å². The molecule has 2 fully saturated rings. The van der Waals surface area contributed by atoms with Gasteiger partial charge in [-0.15, -0.1) is 0 Å². The van der Waals surface area contributed by atoms with E-state index in [0.29, 0.717) is 38.1 Å². The minimum atomic E-state index is -3.45. The number of amides is 1. The molecule has 0 saturated carbocycles. The molecule has 0 unspecified atom stereocenters. The van der Waals surface area contributed by atoms with Crippen molar-refractivity contribution in [2.24, 2.45) is 0 Å². The van der Waals surface area contributed by atoms with Crippen LogP contribution >= 0.6 is 0 Å². The number of ether oxygens (including phenoxy) is 2. The molecule has 0 radical (unpaired) electrons. The van der Waals surface area contributed by atoms with Crippen molar-refractivity contribution in [1.82, 2.24) is 9.62 Å². The molecular formula is C19H28N2O6S. The number of para-hydroxylation sites is 1. The van der Waals surface area contributed by atoms with Gasteiger partial charge in [-0.25, -0.2) is 13.1 Å². The highest BCUT2D eigenvalue weighted by Crippen LogP contribution is 2.38. The lowest BCUT2D eigenvalue weighted by Gasteiger charge is -2.50. The maximum absolute atomic E-state index is 12.4. The summed E-state index contributed by atoms with van der Waals surface area (Å²) in [4.78, 5) is 14.2. The summed E-state index contributed by atoms with van der Waals surface area (Å²) in [5.74, 6) is 0.559. The molecule has 156 valence electrons. The zero-order chi connectivity index (χ0) is 20.4. The molecule has 2 N–H and O–H groups in total. The molecule has 2 aliphatic heterocycles. The number of hydrogen-bond donors (Lipinski definition) is 2. The van der Waals surface area contributed by atoms with Crippen LogP contribution in [0.15, 0.2) is 30.3 Å². The van der Waals surface area contributed by atoms with E-state index in [1.165, 1.54) is 0 Å². The summed E-state index contributed by atoms with van der Waals surface area (Å²) in [7, 11) is -3.45.